The summed E-state index contributed by atoms with van der Waals surface area (Å²) in [6.45, 7) is 0. The third-order valence-corrected chi connectivity index (χ3v) is 1.02. The molecule has 0 radical (unpaired) electrons. The topological polar surface area (TPSA) is 38.3 Å². The summed E-state index contributed by atoms with van der Waals surface area (Å²) in [7, 11) is 1.71. The van der Waals surface area contributed by atoms with Gasteiger partial charge >= 0.3 is 5.97 Å². The molecule has 8 heavy (non-hydrogen) atoms. The monoisotopic (exact) mass is 113 g/mol. The SMILES string of the molecule is CNC1C=COC1=O. The number of ether oxygens (including phenoxy) is 1. The largest absolute Gasteiger partial charge is 0.433 e. The summed E-state index contributed by atoms with van der Waals surface area (Å²) in [5, 5.41) is 2.75. The maximum Gasteiger partial charge on any atom is 0.332 e. The number of cyclic esters (lactones) is 1. The van der Waals surface area contributed by atoms with Crippen LogP contribution in [0.1, 0.15) is 0 Å². The van der Waals surface area contributed by atoms with E-state index in [0.717, 1.165) is 0 Å². The molecule has 0 spiro atoms. The summed E-state index contributed by atoms with van der Waals surface area (Å²) in [5.74, 6) is -0.229. The molecule has 0 aromatic rings. The van der Waals surface area contributed by atoms with Gasteiger partial charge in [-0.15, -0.1) is 0 Å². The molecule has 1 atom stereocenters. The smallest absolute Gasteiger partial charge is 0.332 e. The fourth-order valence-electron chi connectivity index (χ4n) is 0.551. The molecule has 3 nitrogen and oxygen atoms in total. The zero-order chi connectivity index (χ0) is 5.98. The highest BCUT2D eigenvalue weighted by molar-refractivity contribution is 5.80. The lowest BCUT2D eigenvalue weighted by Gasteiger charge is -1.98. The second-order valence-corrected chi connectivity index (χ2v) is 1.53. The van der Waals surface area contributed by atoms with Crippen molar-refractivity contribution in [2.24, 2.45) is 0 Å². The molecular formula is C5H7NO2. The van der Waals surface area contributed by atoms with Gasteiger partial charge < -0.3 is 10.1 Å². The predicted octanol–water partition coefficient (Wildman–Crippen LogP) is -0.355. The molecule has 0 bridgehead atoms. The van der Waals surface area contributed by atoms with Crippen molar-refractivity contribution in [3.63, 3.8) is 0 Å². The second kappa shape index (κ2) is 1.96. The molecule has 0 aromatic heterocycles. The molecule has 44 valence electrons. The van der Waals surface area contributed by atoms with E-state index in [1.807, 2.05) is 0 Å². The van der Waals surface area contributed by atoms with Crippen LogP contribution in [-0.4, -0.2) is 19.1 Å². The van der Waals surface area contributed by atoms with Crippen molar-refractivity contribution in [1.82, 2.24) is 5.32 Å². The minimum absolute atomic E-state index is 0.227. The van der Waals surface area contributed by atoms with Crippen molar-refractivity contribution < 1.29 is 9.53 Å². The molecule has 1 unspecified atom stereocenters. The van der Waals surface area contributed by atoms with Gasteiger partial charge in [0.25, 0.3) is 0 Å². The highest BCUT2D eigenvalue weighted by Crippen LogP contribution is 1.99. The Bertz CT molecular complexity index is 130. The van der Waals surface area contributed by atoms with Gasteiger partial charge in [0.15, 0.2) is 0 Å². The van der Waals surface area contributed by atoms with Gasteiger partial charge in [0, 0.05) is 0 Å². The molecule has 1 aliphatic rings. The summed E-state index contributed by atoms with van der Waals surface area (Å²) in [6.07, 6.45) is 3.06. The summed E-state index contributed by atoms with van der Waals surface area (Å²) < 4.78 is 4.47. The van der Waals surface area contributed by atoms with Crippen LogP contribution < -0.4 is 5.32 Å². The van der Waals surface area contributed by atoms with Gasteiger partial charge in [0.2, 0.25) is 0 Å². The predicted molar refractivity (Wildman–Crippen MR) is 28.1 cm³/mol. The standard InChI is InChI=1S/C5H7NO2/c1-6-4-2-3-8-5(4)7/h2-4,6H,1H3. The number of likely N-dealkylation sites (N-methyl/N-ethyl adjacent to an activating group) is 1. The quantitative estimate of drug-likeness (QED) is 0.472. The van der Waals surface area contributed by atoms with Crippen molar-refractivity contribution >= 4 is 5.97 Å². The third-order valence-electron chi connectivity index (χ3n) is 1.02. The summed E-state index contributed by atoms with van der Waals surface area (Å²) in [6, 6.07) is -0.227. The molecule has 0 aromatic carbocycles. The van der Waals surface area contributed by atoms with Crippen molar-refractivity contribution in [1.29, 1.82) is 0 Å². The zero-order valence-corrected chi connectivity index (χ0v) is 4.55. The average Bonchev–Trinajstić information content (AvgIpc) is 2.14. The van der Waals surface area contributed by atoms with Crippen molar-refractivity contribution in [2.75, 3.05) is 7.05 Å². The molecule has 0 amide bonds. The van der Waals surface area contributed by atoms with Crippen LogP contribution >= 0.6 is 0 Å². The number of rotatable bonds is 1. The molecular weight excluding hydrogens is 106 g/mol. The zero-order valence-electron chi connectivity index (χ0n) is 4.55. The van der Waals surface area contributed by atoms with Crippen LogP contribution in [0.15, 0.2) is 12.3 Å². The lowest BCUT2D eigenvalue weighted by atomic mass is 10.3. The fourth-order valence-corrected chi connectivity index (χ4v) is 0.551. The van der Waals surface area contributed by atoms with Crippen molar-refractivity contribution in [3.8, 4) is 0 Å². The summed E-state index contributed by atoms with van der Waals surface area (Å²) in [5.41, 5.74) is 0. The number of hydrogen-bond acceptors (Lipinski definition) is 3. The van der Waals surface area contributed by atoms with Gasteiger partial charge in [0.1, 0.15) is 6.04 Å². The molecule has 1 heterocycles. The molecule has 3 heteroatoms. The van der Waals surface area contributed by atoms with Crippen LogP contribution in [0.5, 0.6) is 0 Å². The first-order valence-corrected chi connectivity index (χ1v) is 2.39. The van der Waals surface area contributed by atoms with E-state index in [4.69, 9.17) is 0 Å². The normalized spacial score (nSPS) is 26.1. The number of hydrogen-bond donors (Lipinski definition) is 1. The minimum Gasteiger partial charge on any atom is -0.433 e. The lowest BCUT2D eigenvalue weighted by molar-refractivity contribution is -0.137. The Balaban J connectivity index is 2.53. The van der Waals surface area contributed by atoms with E-state index in [1.165, 1.54) is 6.26 Å². The minimum atomic E-state index is -0.229. The molecule has 0 fully saturated rings. The number of carbonyl (C=O) groups excluding carboxylic acids is 1. The van der Waals surface area contributed by atoms with Crippen molar-refractivity contribution in [3.05, 3.63) is 12.3 Å². The lowest BCUT2D eigenvalue weighted by Crippen LogP contribution is -2.28. The maximum atomic E-state index is 10.5. The third kappa shape index (κ3) is 0.721. The molecule has 1 rings (SSSR count). The van der Waals surface area contributed by atoms with E-state index >= 15 is 0 Å². The number of esters is 1. The Labute approximate surface area is 47.3 Å². The van der Waals surface area contributed by atoms with Gasteiger partial charge in [-0.05, 0) is 13.1 Å². The highest BCUT2D eigenvalue weighted by atomic mass is 16.5. The van der Waals surface area contributed by atoms with Gasteiger partial charge in [-0.2, -0.15) is 0 Å². The molecule has 0 saturated carbocycles. The van der Waals surface area contributed by atoms with Gasteiger partial charge in [-0.25, -0.2) is 4.79 Å². The summed E-state index contributed by atoms with van der Waals surface area (Å²) >= 11 is 0. The van der Waals surface area contributed by atoms with Crippen LogP contribution in [0, 0.1) is 0 Å². The fraction of sp³-hybridized carbons (Fsp3) is 0.400. The van der Waals surface area contributed by atoms with Crippen LogP contribution in [0.2, 0.25) is 0 Å². The van der Waals surface area contributed by atoms with Crippen LogP contribution in [-0.2, 0) is 9.53 Å². The number of carbonyl (C=O) groups is 1. The van der Waals surface area contributed by atoms with E-state index < -0.39 is 0 Å². The first kappa shape index (κ1) is 5.31. The number of nitrogens with one attached hydrogen (secondary N) is 1. The molecule has 0 saturated heterocycles. The Kier molecular flexibility index (Phi) is 1.30. The first-order chi connectivity index (χ1) is 3.84. The Morgan fingerprint density at radius 3 is 2.88 bits per heavy atom. The molecule has 0 aliphatic carbocycles. The van der Waals surface area contributed by atoms with Crippen molar-refractivity contribution in [2.45, 2.75) is 6.04 Å². The maximum absolute atomic E-state index is 10.5. The van der Waals surface area contributed by atoms with Crippen LogP contribution in [0.25, 0.3) is 0 Å². The Morgan fingerprint density at radius 1 is 1.88 bits per heavy atom. The Hall–Kier alpha value is -0.830. The van der Waals surface area contributed by atoms with Crippen LogP contribution in [0.4, 0.5) is 0 Å². The second-order valence-electron chi connectivity index (χ2n) is 1.53. The van der Waals surface area contributed by atoms with E-state index in [-0.39, 0.29) is 12.0 Å². The molecule has 1 N–H and O–H groups in total. The highest BCUT2D eigenvalue weighted by Gasteiger charge is 2.18. The first-order valence-electron chi connectivity index (χ1n) is 2.39. The van der Waals surface area contributed by atoms with E-state index in [2.05, 4.69) is 10.1 Å². The average molecular weight is 113 g/mol. The summed E-state index contributed by atoms with van der Waals surface area (Å²) in [4.78, 5) is 10.5. The van der Waals surface area contributed by atoms with Crippen LogP contribution in [0.3, 0.4) is 0 Å². The Morgan fingerprint density at radius 2 is 2.62 bits per heavy atom. The molecule has 1 aliphatic heterocycles. The van der Waals surface area contributed by atoms with Gasteiger partial charge in [-0.3, -0.25) is 0 Å². The van der Waals surface area contributed by atoms with E-state index in [1.54, 1.807) is 13.1 Å². The van der Waals surface area contributed by atoms with Gasteiger partial charge in [0.05, 0.1) is 6.26 Å². The van der Waals surface area contributed by atoms with E-state index in [0.29, 0.717) is 0 Å². The van der Waals surface area contributed by atoms with Gasteiger partial charge in [-0.1, -0.05) is 0 Å². The van der Waals surface area contributed by atoms with E-state index in [9.17, 15) is 4.79 Å².